The first kappa shape index (κ1) is 7.86. The average Bonchev–Trinajstić information content (AvgIpc) is 2.71. The van der Waals surface area contributed by atoms with Crippen LogP contribution in [0.2, 0.25) is 0 Å². The summed E-state index contributed by atoms with van der Waals surface area (Å²) in [4.78, 5) is 12.3. The lowest BCUT2D eigenvalue weighted by Gasteiger charge is -2.17. The van der Waals surface area contributed by atoms with Gasteiger partial charge in [-0.15, -0.1) is 0 Å². The zero-order chi connectivity index (χ0) is 8.27. The molecule has 11 heavy (non-hydrogen) atoms. The Morgan fingerprint density at radius 1 is 1.73 bits per heavy atom. The molecule has 0 radical (unpaired) electrons. The second kappa shape index (κ2) is 3.24. The van der Waals surface area contributed by atoms with Crippen LogP contribution in [0.1, 0.15) is 19.3 Å². The maximum absolute atomic E-state index is 10.7. The third kappa shape index (κ3) is 2.11. The number of nitrogens with two attached hydrogens (primary N) is 1. The number of hydrogen-bond acceptors (Lipinski definition) is 2. The maximum Gasteiger partial charge on any atom is 0.315 e. The highest BCUT2D eigenvalue weighted by Gasteiger charge is 2.30. The monoisotopic (exact) mass is 153 g/mol. The molecule has 1 aliphatic carbocycles. The number of urea groups is 1. The third-order valence-electron chi connectivity index (χ3n) is 1.74. The van der Waals surface area contributed by atoms with Gasteiger partial charge >= 0.3 is 6.03 Å². The van der Waals surface area contributed by atoms with Gasteiger partial charge in [0, 0.05) is 12.6 Å². The molecule has 0 bridgehead atoms. The quantitative estimate of drug-likeness (QED) is 0.639. The second-order valence-electron chi connectivity index (χ2n) is 2.67. The van der Waals surface area contributed by atoms with Gasteiger partial charge in [-0.2, -0.15) is 5.26 Å². The van der Waals surface area contributed by atoms with Crippen LogP contribution in [0.3, 0.4) is 0 Å². The Hall–Kier alpha value is -1.24. The minimum atomic E-state index is -0.400. The van der Waals surface area contributed by atoms with E-state index >= 15 is 0 Å². The molecule has 0 aliphatic heterocycles. The highest BCUT2D eigenvalue weighted by molar-refractivity contribution is 5.72. The van der Waals surface area contributed by atoms with Crippen LogP contribution in [0.4, 0.5) is 4.79 Å². The van der Waals surface area contributed by atoms with Gasteiger partial charge in [-0.05, 0) is 12.8 Å². The van der Waals surface area contributed by atoms with Crippen LogP contribution in [0.15, 0.2) is 0 Å². The van der Waals surface area contributed by atoms with E-state index in [9.17, 15) is 4.79 Å². The van der Waals surface area contributed by atoms with Gasteiger partial charge in [0.1, 0.15) is 0 Å². The Kier molecular flexibility index (Phi) is 2.32. The normalized spacial score (nSPS) is 15.5. The molecule has 4 heteroatoms. The molecule has 0 heterocycles. The van der Waals surface area contributed by atoms with Crippen LogP contribution in [-0.4, -0.2) is 23.5 Å². The van der Waals surface area contributed by atoms with Crippen molar-refractivity contribution in [3.63, 3.8) is 0 Å². The topological polar surface area (TPSA) is 70.1 Å². The van der Waals surface area contributed by atoms with E-state index in [0.29, 0.717) is 19.0 Å². The summed E-state index contributed by atoms with van der Waals surface area (Å²) in [5.74, 6) is 0. The van der Waals surface area contributed by atoms with Crippen LogP contribution < -0.4 is 5.73 Å². The number of rotatable bonds is 3. The van der Waals surface area contributed by atoms with E-state index in [1.807, 2.05) is 6.07 Å². The molecule has 1 aliphatic rings. The van der Waals surface area contributed by atoms with Crippen molar-refractivity contribution in [2.75, 3.05) is 6.54 Å². The lowest BCUT2D eigenvalue weighted by atomic mass is 10.4. The van der Waals surface area contributed by atoms with Crippen LogP contribution in [0.5, 0.6) is 0 Å². The molecule has 0 aromatic rings. The van der Waals surface area contributed by atoms with Crippen molar-refractivity contribution < 1.29 is 4.79 Å². The molecule has 1 rings (SSSR count). The highest BCUT2D eigenvalue weighted by Crippen LogP contribution is 2.26. The molecule has 0 unspecified atom stereocenters. The average molecular weight is 153 g/mol. The molecule has 2 amide bonds. The fourth-order valence-electron chi connectivity index (χ4n) is 1.03. The van der Waals surface area contributed by atoms with Crippen molar-refractivity contribution in [1.29, 1.82) is 5.26 Å². The number of nitrogens with zero attached hydrogens (tertiary/aromatic N) is 2. The van der Waals surface area contributed by atoms with E-state index in [-0.39, 0.29) is 0 Å². The van der Waals surface area contributed by atoms with E-state index in [0.717, 1.165) is 12.8 Å². The van der Waals surface area contributed by atoms with Crippen molar-refractivity contribution in [2.24, 2.45) is 5.73 Å². The summed E-state index contributed by atoms with van der Waals surface area (Å²) < 4.78 is 0. The zero-order valence-corrected chi connectivity index (χ0v) is 6.29. The molecule has 0 aromatic carbocycles. The Labute approximate surface area is 65.6 Å². The Bertz CT molecular complexity index is 192. The molecule has 0 saturated heterocycles. The summed E-state index contributed by atoms with van der Waals surface area (Å²) in [5, 5.41) is 8.27. The summed E-state index contributed by atoms with van der Waals surface area (Å²) in [5.41, 5.74) is 5.10. The molecule has 4 nitrogen and oxygen atoms in total. The summed E-state index contributed by atoms with van der Waals surface area (Å²) >= 11 is 0. The van der Waals surface area contributed by atoms with Crippen molar-refractivity contribution in [3.8, 4) is 6.07 Å². The van der Waals surface area contributed by atoms with Crippen LogP contribution in [0, 0.1) is 11.3 Å². The summed E-state index contributed by atoms with van der Waals surface area (Å²) in [6, 6.07) is 1.91. The molecule has 2 N–H and O–H groups in total. The molecule has 1 saturated carbocycles. The lowest BCUT2D eigenvalue weighted by Crippen LogP contribution is -2.38. The van der Waals surface area contributed by atoms with E-state index in [4.69, 9.17) is 11.0 Å². The van der Waals surface area contributed by atoms with Crippen molar-refractivity contribution in [3.05, 3.63) is 0 Å². The number of primary amides is 1. The molecule has 60 valence electrons. The molecule has 0 aromatic heterocycles. The zero-order valence-electron chi connectivity index (χ0n) is 6.29. The van der Waals surface area contributed by atoms with Crippen LogP contribution in [-0.2, 0) is 0 Å². The van der Waals surface area contributed by atoms with Gasteiger partial charge in [0.2, 0.25) is 0 Å². The largest absolute Gasteiger partial charge is 0.351 e. The SMILES string of the molecule is N#CCCN(C(N)=O)C1CC1. The first-order chi connectivity index (χ1) is 5.25. The molecular formula is C7H11N3O. The minimum absolute atomic E-state index is 0.320. The van der Waals surface area contributed by atoms with Crippen molar-refractivity contribution in [1.82, 2.24) is 4.90 Å². The number of amides is 2. The molecular weight excluding hydrogens is 142 g/mol. The number of carbonyl (C=O) groups is 1. The standard InChI is InChI=1S/C7H11N3O/c8-4-1-5-10(7(9)11)6-2-3-6/h6H,1-3,5H2,(H2,9,11). The highest BCUT2D eigenvalue weighted by atomic mass is 16.2. The van der Waals surface area contributed by atoms with Gasteiger partial charge in [-0.1, -0.05) is 0 Å². The van der Waals surface area contributed by atoms with Crippen molar-refractivity contribution in [2.45, 2.75) is 25.3 Å². The summed E-state index contributed by atoms with van der Waals surface area (Å²) in [7, 11) is 0. The van der Waals surface area contributed by atoms with Crippen LogP contribution >= 0.6 is 0 Å². The van der Waals surface area contributed by atoms with E-state index in [1.165, 1.54) is 0 Å². The van der Waals surface area contributed by atoms with Gasteiger partial charge in [0.25, 0.3) is 0 Å². The fourth-order valence-corrected chi connectivity index (χ4v) is 1.03. The lowest BCUT2D eigenvalue weighted by molar-refractivity contribution is 0.206. The van der Waals surface area contributed by atoms with Gasteiger partial charge in [0.15, 0.2) is 0 Å². The van der Waals surface area contributed by atoms with E-state index in [2.05, 4.69) is 0 Å². The molecule has 1 fully saturated rings. The molecule has 0 spiro atoms. The van der Waals surface area contributed by atoms with Crippen LogP contribution in [0.25, 0.3) is 0 Å². The maximum atomic E-state index is 10.7. The fraction of sp³-hybridized carbons (Fsp3) is 0.714. The number of hydrogen-bond donors (Lipinski definition) is 1. The predicted molar refractivity (Wildman–Crippen MR) is 39.5 cm³/mol. The summed E-state index contributed by atoms with van der Waals surface area (Å²) in [6.45, 7) is 0.483. The Balaban J connectivity index is 2.34. The second-order valence-corrected chi connectivity index (χ2v) is 2.67. The van der Waals surface area contributed by atoms with Gasteiger partial charge in [-0.3, -0.25) is 0 Å². The van der Waals surface area contributed by atoms with E-state index < -0.39 is 6.03 Å². The minimum Gasteiger partial charge on any atom is -0.351 e. The number of nitriles is 1. The van der Waals surface area contributed by atoms with Gasteiger partial charge < -0.3 is 10.6 Å². The molecule has 0 atom stereocenters. The summed E-state index contributed by atoms with van der Waals surface area (Å²) in [6.07, 6.45) is 2.45. The third-order valence-corrected chi connectivity index (χ3v) is 1.74. The number of carbonyl (C=O) groups excluding carboxylic acids is 1. The smallest absolute Gasteiger partial charge is 0.315 e. The van der Waals surface area contributed by atoms with Gasteiger partial charge in [-0.25, -0.2) is 4.79 Å². The first-order valence-corrected chi connectivity index (χ1v) is 3.68. The Morgan fingerprint density at radius 2 is 2.36 bits per heavy atom. The van der Waals surface area contributed by atoms with Gasteiger partial charge in [0.05, 0.1) is 12.5 Å². The first-order valence-electron chi connectivity index (χ1n) is 3.68. The predicted octanol–water partition coefficient (Wildman–Crippen LogP) is 0.443. The van der Waals surface area contributed by atoms with Crippen molar-refractivity contribution >= 4 is 6.03 Å². The Morgan fingerprint density at radius 3 is 2.73 bits per heavy atom. The van der Waals surface area contributed by atoms with E-state index in [1.54, 1.807) is 4.90 Å².